The van der Waals surface area contributed by atoms with Crippen LogP contribution >= 0.6 is 0 Å². The molecule has 3 aliphatic rings. The van der Waals surface area contributed by atoms with Crippen LogP contribution in [-0.2, 0) is 14.3 Å². The molecule has 0 aliphatic heterocycles. The van der Waals surface area contributed by atoms with E-state index in [0.717, 1.165) is 31.0 Å². The number of carbonyl (C=O) groups excluding carboxylic acids is 1. The Balaban J connectivity index is 1.47. The predicted octanol–water partition coefficient (Wildman–Crippen LogP) is 5.79. The lowest BCUT2D eigenvalue weighted by molar-refractivity contribution is -0.148. The van der Waals surface area contributed by atoms with Crippen molar-refractivity contribution in [3.05, 3.63) is 12.2 Å². The molecule has 1 unspecified atom stereocenters. The average molecular weight is 406 g/mol. The largest absolute Gasteiger partial charge is 0.457 e. The maximum absolute atomic E-state index is 11.6. The van der Waals surface area contributed by atoms with E-state index in [1.165, 1.54) is 77.0 Å². The van der Waals surface area contributed by atoms with Gasteiger partial charge >= 0.3 is 5.97 Å². The van der Waals surface area contributed by atoms with E-state index in [4.69, 9.17) is 9.47 Å². The van der Waals surface area contributed by atoms with Gasteiger partial charge in [-0.05, 0) is 65.2 Å². The van der Waals surface area contributed by atoms with Crippen molar-refractivity contribution in [2.75, 3.05) is 6.61 Å². The molecule has 0 saturated heterocycles. The Bertz CT molecular complexity index is 496. The van der Waals surface area contributed by atoms with Crippen LogP contribution in [0.4, 0.5) is 0 Å². The van der Waals surface area contributed by atoms with Gasteiger partial charge in [-0.15, -0.1) is 0 Å². The molecule has 3 aliphatic carbocycles. The standard InChI is InChI=1S/C25H43NO3/c1-19(2)25(27)29-20(3)18-28-24-16-14-23(15-17-24)26(21-10-6-4-7-11-21)22-12-8-5-9-13-22/h20-24H,1,4-18H2,2-3H3. The number of carbonyl (C=O) groups is 1. The molecular formula is C25H43NO3. The van der Waals surface area contributed by atoms with E-state index in [1.54, 1.807) is 6.92 Å². The van der Waals surface area contributed by atoms with Crippen LogP contribution in [0.15, 0.2) is 12.2 Å². The van der Waals surface area contributed by atoms with E-state index in [2.05, 4.69) is 11.5 Å². The molecule has 0 spiro atoms. The van der Waals surface area contributed by atoms with E-state index >= 15 is 0 Å². The highest BCUT2D eigenvalue weighted by Gasteiger charge is 2.36. The van der Waals surface area contributed by atoms with Gasteiger partial charge in [0, 0.05) is 23.7 Å². The number of nitrogens with zero attached hydrogens (tertiary/aromatic N) is 1. The molecule has 0 heterocycles. The molecule has 0 bridgehead atoms. The minimum absolute atomic E-state index is 0.210. The fourth-order valence-electron chi connectivity index (χ4n) is 5.75. The fraction of sp³-hybridized carbons (Fsp3) is 0.880. The summed E-state index contributed by atoms with van der Waals surface area (Å²) >= 11 is 0. The SMILES string of the molecule is C=C(C)C(=O)OC(C)COC1CCC(N(C2CCCCC2)C2CCCCC2)CC1. The quantitative estimate of drug-likeness (QED) is 0.378. The summed E-state index contributed by atoms with van der Waals surface area (Å²) in [5, 5.41) is 0. The highest BCUT2D eigenvalue weighted by atomic mass is 16.6. The molecule has 0 N–H and O–H groups in total. The van der Waals surface area contributed by atoms with Crippen LogP contribution in [0.1, 0.15) is 104 Å². The van der Waals surface area contributed by atoms with Crippen molar-refractivity contribution in [3.63, 3.8) is 0 Å². The maximum Gasteiger partial charge on any atom is 0.333 e. The summed E-state index contributed by atoms with van der Waals surface area (Å²) < 4.78 is 11.5. The molecule has 4 nitrogen and oxygen atoms in total. The van der Waals surface area contributed by atoms with Gasteiger partial charge in [0.15, 0.2) is 0 Å². The second kappa shape index (κ2) is 11.5. The first kappa shape index (κ1) is 22.8. The number of hydrogen-bond donors (Lipinski definition) is 0. The van der Waals surface area contributed by atoms with Crippen LogP contribution < -0.4 is 0 Å². The van der Waals surface area contributed by atoms with Gasteiger partial charge in [0.2, 0.25) is 0 Å². The second-order valence-corrected chi connectivity index (χ2v) is 9.79. The van der Waals surface area contributed by atoms with E-state index < -0.39 is 0 Å². The lowest BCUT2D eigenvalue weighted by atomic mass is 9.83. The lowest BCUT2D eigenvalue weighted by Crippen LogP contribution is -2.52. The van der Waals surface area contributed by atoms with Crippen LogP contribution in [0.5, 0.6) is 0 Å². The molecule has 1 atom stereocenters. The molecule has 0 aromatic heterocycles. The van der Waals surface area contributed by atoms with Crippen molar-refractivity contribution in [2.45, 2.75) is 134 Å². The Kier molecular flexibility index (Phi) is 9.05. The Morgan fingerprint density at radius 1 is 0.862 bits per heavy atom. The van der Waals surface area contributed by atoms with Gasteiger partial charge in [-0.2, -0.15) is 0 Å². The maximum atomic E-state index is 11.6. The highest BCUT2D eigenvalue weighted by Crippen LogP contribution is 2.36. The smallest absolute Gasteiger partial charge is 0.333 e. The van der Waals surface area contributed by atoms with Crippen LogP contribution in [0, 0.1) is 0 Å². The van der Waals surface area contributed by atoms with Gasteiger partial charge in [-0.25, -0.2) is 4.79 Å². The molecule has 3 saturated carbocycles. The van der Waals surface area contributed by atoms with Crippen molar-refractivity contribution >= 4 is 5.97 Å². The monoisotopic (exact) mass is 405 g/mol. The van der Waals surface area contributed by atoms with Crippen molar-refractivity contribution in [1.82, 2.24) is 4.90 Å². The predicted molar refractivity (Wildman–Crippen MR) is 118 cm³/mol. The van der Waals surface area contributed by atoms with Crippen molar-refractivity contribution < 1.29 is 14.3 Å². The van der Waals surface area contributed by atoms with Crippen LogP contribution in [0.25, 0.3) is 0 Å². The first-order valence-electron chi connectivity index (χ1n) is 12.3. The summed E-state index contributed by atoms with van der Waals surface area (Å²) in [6.45, 7) is 7.71. The van der Waals surface area contributed by atoms with Crippen LogP contribution in [0.2, 0.25) is 0 Å². The van der Waals surface area contributed by atoms with Gasteiger partial charge < -0.3 is 9.47 Å². The number of rotatable bonds is 8. The first-order chi connectivity index (χ1) is 14.0. The van der Waals surface area contributed by atoms with Gasteiger partial charge in [-0.3, -0.25) is 4.90 Å². The Hall–Kier alpha value is -0.870. The molecule has 3 rings (SSSR count). The summed E-state index contributed by atoms with van der Waals surface area (Å²) in [4.78, 5) is 14.6. The molecule has 4 heteroatoms. The molecule has 3 fully saturated rings. The topological polar surface area (TPSA) is 38.8 Å². The molecule has 166 valence electrons. The fourth-order valence-corrected chi connectivity index (χ4v) is 5.75. The summed E-state index contributed by atoms with van der Waals surface area (Å²) in [5.41, 5.74) is 0.447. The number of esters is 1. The molecule has 0 radical (unpaired) electrons. The van der Waals surface area contributed by atoms with Crippen molar-refractivity contribution in [2.24, 2.45) is 0 Å². The van der Waals surface area contributed by atoms with Gasteiger partial charge in [0.05, 0.1) is 12.7 Å². The highest BCUT2D eigenvalue weighted by molar-refractivity contribution is 5.87. The Morgan fingerprint density at radius 3 is 1.83 bits per heavy atom. The van der Waals surface area contributed by atoms with Crippen molar-refractivity contribution in [1.29, 1.82) is 0 Å². The lowest BCUT2D eigenvalue weighted by Gasteiger charge is -2.48. The summed E-state index contributed by atoms with van der Waals surface area (Å²) in [6.07, 6.45) is 19.1. The summed E-state index contributed by atoms with van der Waals surface area (Å²) in [7, 11) is 0. The second-order valence-electron chi connectivity index (χ2n) is 9.79. The first-order valence-corrected chi connectivity index (χ1v) is 12.3. The molecule has 0 amide bonds. The zero-order valence-electron chi connectivity index (χ0n) is 18.9. The number of ether oxygens (including phenoxy) is 2. The van der Waals surface area contributed by atoms with E-state index in [9.17, 15) is 4.79 Å². The van der Waals surface area contributed by atoms with Gasteiger partial charge in [-0.1, -0.05) is 45.1 Å². The van der Waals surface area contributed by atoms with Gasteiger partial charge in [0.25, 0.3) is 0 Å². The van der Waals surface area contributed by atoms with E-state index in [1.807, 2.05) is 6.92 Å². The third-order valence-electron chi connectivity index (χ3n) is 7.28. The molecular weight excluding hydrogens is 362 g/mol. The van der Waals surface area contributed by atoms with Crippen LogP contribution in [-0.4, -0.2) is 47.8 Å². The summed E-state index contributed by atoms with van der Waals surface area (Å²) in [5.74, 6) is -0.319. The normalized spacial score (nSPS) is 28.2. The molecule has 0 aromatic carbocycles. The number of hydrogen-bond acceptors (Lipinski definition) is 4. The third kappa shape index (κ3) is 6.82. The zero-order chi connectivity index (χ0) is 20.6. The molecule has 0 aromatic rings. The van der Waals surface area contributed by atoms with E-state index in [-0.39, 0.29) is 12.1 Å². The Labute approximate surface area is 178 Å². The Morgan fingerprint density at radius 2 is 1.34 bits per heavy atom. The van der Waals surface area contributed by atoms with Crippen molar-refractivity contribution in [3.8, 4) is 0 Å². The van der Waals surface area contributed by atoms with E-state index in [0.29, 0.717) is 18.3 Å². The summed E-state index contributed by atoms with van der Waals surface area (Å²) in [6, 6.07) is 2.41. The zero-order valence-corrected chi connectivity index (χ0v) is 18.9. The molecule has 29 heavy (non-hydrogen) atoms. The minimum atomic E-state index is -0.319. The van der Waals surface area contributed by atoms with Gasteiger partial charge in [0.1, 0.15) is 6.10 Å². The van der Waals surface area contributed by atoms with Crippen LogP contribution in [0.3, 0.4) is 0 Å². The minimum Gasteiger partial charge on any atom is -0.457 e. The average Bonchev–Trinajstić information content (AvgIpc) is 2.75. The third-order valence-corrected chi connectivity index (χ3v) is 7.28.